The van der Waals surface area contributed by atoms with E-state index in [1.54, 1.807) is 27.4 Å². The summed E-state index contributed by atoms with van der Waals surface area (Å²) in [6.45, 7) is 3.72. The quantitative estimate of drug-likeness (QED) is 0.685. The fourth-order valence-corrected chi connectivity index (χ4v) is 6.42. The number of sulfonamides is 1. The lowest BCUT2D eigenvalue weighted by Crippen LogP contribution is -2.47. The van der Waals surface area contributed by atoms with Gasteiger partial charge in [-0.2, -0.15) is 4.31 Å². The summed E-state index contributed by atoms with van der Waals surface area (Å²) < 4.78 is 38.6. The summed E-state index contributed by atoms with van der Waals surface area (Å²) in [7, 11) is -2.21. The summed E-state index contributed by atoms with van der Waals surface area (Å²) >= 11 is 0. The zero-order valence-electron chi connectivity index (χ0n) is 18.9. The number of hydrogen-bond acceptors (Lipinski definition) is 6. The van der Waals surface area contributed by atoms with Crippen molar-refractivity contribution in [3.05, 3.63) is 47.9 Å². The number of carbonyl (C=O) groups excluding carboxylic acids is 2. The Hall–Kier alpha value is -2.85. The zero-order chi connectivity index (χ0) is 23.6. The van der Waals surface area contributed by atoms with Crippen LogP contribution < -0.4 is 10.1 Å². The fourth-order valence-electron chi connectivity index (χ4n) is 4.62. The van der Waals surface area contributed by atoms with E-state index < -0.39 is 15.9 Å². The first-order valence-electron chi connectivity index (χ1n) is 11.0. The predicted molar refractivity (Wildman–Crippen MR) is 120 cm³/mol. The lowest BCUT2D eigenvalue weighted by molar-refractivity contribution is -0.132. The third kappa shape index (κ3) is 4.77. The maximum Gasteiger partial charge on any atom is 0.287 e. The Morgan fingerprint density at radius 2 is 1.88 bits per heavy atom. The van der Waals surface area contributed by atoms with Crippen LogP contribution >= 0.6 is 0 Å². The summed E-state index contributed by atoms with van der Waals surface area (Å²) in [6.07, 6.45) is 3.61. The number of carbonyl (C=O) groups is 2. The molecule has 10 heteroatoms. The highest BCUT2D eigenvalue weighted by Gasteiger charge is 2.45. The minimum absolute atomic E-state index is 0.0970. The SMILES string of the molecule is COc1ccc(C)cc1S(=O)(=O)N1CCC2(CCN(C(=O)CNC(=O)c3ccco3)CC2)C1. The van der Waals surface area contributed by atoms with E-state index in [0.29, 0.717) is 31.9 Å². The van der Waals surface area contributed by atoms with E-state index in [-0.39, 0.29) is 28.5 Å². The first kappa shape index (κ1) is 23.3. The smallest absolute Gasteiger partial charge is 0.287 e. The number of amides is 2. The van der Waals surface area contributed by atoms with Crippen LogP contribution in [-0.2, 0) is 14.8 Å². The van der Waals surface area contributed by atoms with Crippen molar-refractivity contribution >= 4 is 21.8 Å². The molecule has 2 aliphatic heterocycles. The molecule has 0 unspecified atom stereocenters. The van der Waals surface area contributed by atoms with Crippen molar-refractivity contribution in [2.45, 2.75) is 31.1 Å². The van der Waals surface area contributed by atoms with E-state index in [2.05, 4.69) is 5.32 Å². The van der Waals surface area contributed by atoms with Crippen LogP contribution in [0.3, 0.4) is 0 Å². The molecule has 1 N–H and O–H groups in total. The molecule has 2 amide bonds. The number of nitrogens with zero attached hydrogens (tertiary/aromatic N) is 2. The molecule has 0 bridgehead atoms. The summed E-state index contributed by atoms with van der Waals surface area (Å²) in [4.78, 5) is 26.4. The summed E-state index contributed by atoms with van der Waals surface area (Å²) in [5.41, 5.74) is 0.715. The molecule has 33 heavy (non-hydrogen) atoms. The van der Waals surface area contributed by atoms with Crippen LogP contribution in [0.5, 0.6) is 5.75 Å². The van der Waals surface area contributed by atoms with E-state index in [0.717, 1.165) is 24.8 Å². The molecule has 3 heterocycles. The van der Waals surface area contributed by atoms with Gasteiger partial charge in [0.15, 0.2) is 5.76 Å². The highest BCUT2D eigenvalue weighted by molar-refractivity contribution is 7.89. The number of benzene rings is 1. The van der Waals surface area contributed by atoms with Gasteiger partial charge in [0.05, 0.1) is 19.9 Å². The van der Waals surface area contributed by atoms with Gasteiger partial charge in [-0.1, -0.05) is 6.07 Å². The summed E-state index contributed by atoms with van der Waals surface area (Å²) in [5.74, 6) is -0.0711. The molecule has 9 nitrogen and oxygen atoms in total. The summed E-state index contributed by atoms with van der Waals surface area (Å²) in [6, 6.07) is 8.31. The fraction of sp³-hybridized carbons (Fsp3) is 0.478. The number of hydrogen-bond donors (Lipinski definition) is 1. The monoisotopic (exact) mass is 475 g/mol. The Labute approximate surface area is 193 Å². The molecule has 4 rings (SSSR count). The summed E-state index contributed by atoms with van der Waals surface area (Å²) in [5, 5.41) is 2.58. The molecule has 2 aromatic rings. The number of likely N-dealkylation sites (tertiary alicyclic amines) is 1. The second-order valence-electron chi connectivity index (χ2n) is 8.78. The van der Waals surface area contributed by atoms with Crippen LogP contribution in [0.15, 0.2) is 45.9 Å². The second kappa shape index (κ2) is 9.18. The first-order valence-corrected chi connectivity index (χ1v) is 12.4. The van der Waals surface area contributed by atoms with Gasteiger partial charge < -0.3 is 19.4 Å². The highest BCUT2D eigenvalue weighted by Crippen LogP contribution is 2.43. The van der Waals surface area contributed by atoms with Crippen molar-refractivity contribution in [3.63, 3.8) is 0 Å². The molecule has 2 aliphatic rings. The number of piperidine rings is 1. The van der Waals surface area contributed by atoms with Gasteiger partial charge in [-0.15, -0.1) is 0 Å². The molecule has 0 saturated carbocycles. The van der Waals surface area contributed by atoms with Crippen LogP contribution in [0, 0.1) is 12.3 Å². The first-order chi connectivity index (χ1) is 15.7. The third-order valence-electron chi connectivity index (χ3n) is 6.66. The molecule has 1 spiro atoms. The average molecular weight is 476 g/mol. The molecule has 178 valence electrons. The van der Waals surface area contributed by atoms with Crippen LogP contribution in [0.1, 0.15) is 35.4 Å². The van der Waals surface area contributed by atoms with Gasteiger partial charge in [-0.05, 0) is 61.4 Å². The maximum atomic E-state index is 13.3. The van der Waals surface area contributed by atoms with Crippen LogP contribution in [-0.4, -0.2) is 69.3 Å². The molecule has 0 atom stereocenters. The Bertz CT molecular complexity index is 1120. The van der Waals surface area contributed by atoms with Crippen molar-refractivity contribution in [2.75, 3.05) is 39.8 Å². The number of furan rings is 1. The highest BCUT2D eigenvalue weighted by atomic mass is 32.2. The molecular weight excluding hydrogens is 446 g/mol. The van der Waals surface area contributed by atoms with Gasteiger partial charge >= 0.3 is 0 Å². The normalized spacial score (nSPS) is 18.4. The van der Waals surface area contributed by atoms with Crippen molar-refractivity contribution < 1.29 is 27.2 Å². The van der Waals surface area contributed by atoms with Gasteiger partial charge in [0.2, 0.25) is 15.9 Å². The molecule has 0 aliphatic carbocycles. The Kier molecular flexibility index (Phi) is 6.49. The van der Waals surface area contributed by atoms with E-state index in [9.17, 15) is 18.0 Å². The number of aryl methyl sites for hydroxylation is 1. The molecule has 0 radical (unpaired) electrons. The lowest BCUT2D eigenvalue weighted by Gasteiger charge is -2.39. The van der Waals surface area contributed by atoms with E-state index in [1.165, 1.54) is 19.4 Å². The molecular formula is C23H29N3O6S. The molecule has 1 aromatic carbocycles. The van der Waals surface area contributed by atoms with Crippen molar-refractivity contribution in [1.29, 1.82) is 0 Å². The molecule has 2 fully saturated rings. The minimum atomic E-state index is -3.68. The standard InChI is InChI=1S/C23H29N3O6S/c1-17-5-6-18(31-2)20(14-17)33(29,30)26-12-9-23(16-26)7-10-25(11-8-23)21(27)15-24-22(28)19-4-3-13-32-19/h3-6,13-14H,7-12,15-16H2,1-2H3,(H,24,28). The van der Waals surface area contributed by atoms with Crippen LogP contribution in [0.25, 0.3) is 0 Å². The van der Waals surface area contributed by atoms with Gasteiger partial charge in [-0.3, -0.25) is 9.59 Å². The van der Waals surface area contributed by atoms with E-state index in [1.807, 2.05) is 13.0 Å². The van der Waals surface area contributed by atoms with Gasteiger partial charge in [-0.25, -0.2) is 8.42 Å². The van der Waals surface area contributed by atoms with Gasteiger partial charge in [0.1, 0.15) is 10.6 Å². The number of nitrogens with one attached hydrogen (secondary N) is 1. The molecule has 2 saturated heterocycles. The van der Waals surface area contributed by atoms with Crippen LogP contribution in [0.4, 0.5) is 0 Å². The number of rotatable bonds is 6. The van der Waals surface area contributed by atoms with E-state index in [4.69, 9.17) is 9.15 Å². The van der Waals surface area contributed by atoms with Gasteiger partial charge in [0.25, 0.3) is 5.91 Å². The average Bonchev–Trinajstić information content (AvgIpc) is 3.49. The Balaban J connectivity index is 1.35. The Morgan fingerprint density at radius 1 is 1.15 bits per heavy atom. The second-order valence-corrected chi connectivity index (χ2v) is 10.7. The van der Waals surface area contributed by atoms with Crippen molar-refractivity contribution in [3.8, 4) is 5.75 Å². The minimum Gasteiger partial charge on any atom is -0.495 e. The third-order valence-corrected chi connectivity index (χ3v) is 8.53. The molecule has 1 aromatic heterocycles. The number of ether oxygens (including phenoxy) is 1. The predicted octanol–water partition coefficient (Wildman–Crippen LogP) is 2.03. The van der Waals surface area contributed by atoms with E-state index >= 15 is 0 Å². The maximum absolute atomic E-state index is 13.3. The van der Waals surface area contributed by atoms with Crippen molar-refractivity contribution in [2.24, 2.45) is 5.41 Å². The topological polar surface area (TPSA) is 109 Å². The Morgan fingerprint density at radius 3 is 2.55 bits per heavy atom. The van der Waals surface area contributed by atoms with Crippen LogP contribution in [0.2, 0.25) is 0 Å². The van der Waals surface area contributed by atoms with Gasteiger partial charge in [0, 0.05) is 26.2 Å². The largest absolute Gasteiger partial charge is 0.495 e. The lowest BCUT2D eigenvalue weighted by atomic mass is 9.78. The van der Waals surface area contributed by atoms with Crippen molar-refractivity contribution in [1.82, 2.24) is 14.5 Å². The number of methoxy groups -OCH3 is 1. The zero-order valence-corrected chi connectivity index (χ0v) is 19.7.